The molecule has 0 aliphatic heterocycles. The maximum Gasteiger partial charge on any atom is 0.239 e. The Bertz CT molecular complexity index is 394. The van der Waals surface area contributed by atoms with E-state index in [1.807, 2.05) is 18.2 Å². The van der Waals surface area contributed by atoms with Crippen LogP contribution >= 0.6 is 0 Å². The van der Waals surface area contributed by atoms with Gasteiger partial charge in [0, 0.05) is 13.2 Å². The second-order valence-corrected chi connectivity index (χ2v) is 4.86. The summed E-state index contributed by atoms with van der Waals surface area (Å²) in [5.74, 6) is 0.434. The molecule has 18 heavy (non-hydrogen) atoms. The van der Waals surface area contributed by atoms with Crippen LogP contribution in [0, 0.1) is 5.92 Å². The van der Waals surface area contributed by atoms with Gasteiger partial charge in [0.25, 0.3) is 0 Å². The maximum atomic E-state index is 11.7. The molecule has 98 valence electrons. The zero-order valence-corrected chi connectivity index (χ0v) is 10.6. The minimum absolute atomic E-state index is 0.114. The van der Waals surface area contributed by atoms with E-state index in [4.69, 9.17) is 10.5 Å². The predicted octanol–water partition coefficient (Wildman–Crippen LogP) is 0.708. The molecule has 3 N–H and O–H groups in total. The van der Waals surface area contributed by atoms with E-state index in [0.29, 0.717) is 5.92 Å². The molecule has 4 nitrogen and oxygen atoms in total. The molecule has 1 aliphatic carbocycles. The second-order valence-electron chi connectivity index (χ2n) is 4.86. The standard InChI is InChI=1S/C14H20N2O2/c1-18-9-12(15)14(17)16-13-8-11(13)7-10-5-3-2-4-6-10/h2-6,11-13H,7-9,15H2,1H3,(H,16,17). The Balaban J connectivity index is 1.73. The highest BCUT2D eigenvalue weighted by Gasteiger charge is 2.38. The number of benzene rings is 1. The van der Waals surface area contributed by atoms with Crippen molar-refractivity contribution < 1.29 is 9.53 Å². The summed E-state index contributed by atoms with van der Waals surface area (Å²) in [5, 5.41) is 2.96. The summed E-state index contributed by atoms with van der Waals surface area (Å²) < 4.78 is 4.86. The van der Waals surface area contributed by atoms with Crippen molar-refractivity contribution in [1.29, 1.82) is 0 Å². The highest BCUT2D eigenvalue weighted by molar-refractivity contribution is 5.82. The summed E-state index contributed by atoms with van der Waals surface area (Å²) >= 11 is 0. The first-order valence-corrected chi connectivity index (χ1v) is 6.29. The van der Waals surface area contributed by atoms with Crippen molar-refractivity contribution in [3.05, 3.63) is 35.9 Å². The first-order valence-electron chi connectivity index (χ1n) is 6.29. The fourth-order valence-corrected chi connectivity index (χ4v) is 2.11. The molecular formula is C14H20N2O2. The Kier molecular flexibility index (Phi) is 4.33. The van der Waals surface area contributed by atoms with Crippen molar-refractivity contribution >= 4 is 5.91 Å². The average molecular weight is 248 g/mol. The van der Waals surface area contributed by atoms with Crippen molar-refractivity contribution in [1.82, 2.24) is 5.32 Å². The molecule has 3 unspecified atom stereocenters. The van der Waals surface area contributed by atoms with Crippen molar-refractivity contribution in [2.45, 2.75) is 24.9 Å². The zero-order chi connectivity index (χ0) is 13.0. The molecule has 0 radical (unpaired) electrons. The molecule has 0 spiro atoms. The third kappa shape index (κ3) is 3.55. The van der Waals surface area contributed by atoms with Crippen LogP contribution in [0.15, 0.2) is 30.3 Å². The highest BCUT2D eigenvalue weighted by Crippen LogP contribution is 2.33. The SMILES string of the molecule is COCC(N)C(=O)NC1CC1Cc1ccccc1. The van der Waals surface area contributed by atoms with Gasteiger partial charge in [-0.15, -0.1) is 0 Å². The van der Waals surface area contributed by atoms with Crippen LogP contribution < -0.4 is 11.1 Å². The molecule has 0 aromatic heterocycles. The van der Waals surface area contributed by atoms with Crippen molar-refractivity contribution in [3.8, 4) is 0 Å². The predicted molar refractivity (Wildman–Crippen MR) is 70.0 cm³/mol. The van der Waals surface area contributed by atoms with Gasteiger partial charge >= 0.3 is 0 Å². The number of ether oxygens (including phenoxy) is 1. The minimum atomic E-state index is -0.562. The molecule has 1 aliphatic rings. The summed E-state index contributed by atoms with van der Waals surface area (Å²) in [5.41, 5.74) is 6.98. The molecule has 1 aromatic carbocycles. The van der Waals surface area contributed by atoms with Crippen LogP contribution in [0.25, 0.3) is 0 Å². The van der Waals surface area contributed by atoms with Gasteiger partial charge in [0.1, 0.15) is 6.04 Å². The Morgan fingerprint density at radius 1 is 1.50 bits per heavy atom. The summed E-state index contributed by atoms with van der Waals surface area (Å²) in [6.45, 7) is 0.266. The fraction of sp³-hybridized carbons (Fsp3) is 0.500. The first-order chi connectivity index (χ1) is 8.70. The van der Waals surface area contributed by atoms with E-state index in [1.165, 1.54) is 5.56 Å². The molecular weight excluding hydrogens is 228 g/mol. The van der Waals surface area contributed by atoms with E-state index in [2.05, 4.69) is 17.4 Å². The van der Waals surface area contributed by atoms with Gasteiger partial charge in [-0.05, 0) is 24.3 Å². The normalized spacial score (nSPS) is 23.4. The molecule has 4 heteroatoms. The van der Waals surface area contributed by atoms with Gasteiger partial charge in [-0.3, -0.25) is 4.79 Å². The van der Waals surface area contributed by atoms with Crippen LogP contribution in [0.3, 0.4) is 0 Å². The van der Waals surface area contributed by atoms with Crippen molar-refractivity contribution in [2.75, 3.05) is 13.7 Å². The van der Waals surface area contributed by atoms with Crippen molar-refractivity contribution in [2.24, 2.45) is 11.7 Å². The maximum absolute atomic E-state index is 11.7. The van der Waals surface area contributed by atoms with Gasteiger partial charge in [0.2, 0.25) is 5.91 Å². The van der Waals surface area contributed by atoms with Crippen LogP contribution in [0.4, 0.5) is 0 Å². The Hall–Kier alpha value is -1.39. The molecule has 3 atom stereocenters. The Labute approximate surface area is 108 Å². The number of methoxy groups -OCH3 is 1. The van der Waals surface area contributed by atoms with E-state index >= 15 is 0 Å². The minimum Gasteiger partial charge on any atom is -0.383 e. The summed E-state index contributed by atoms with van der Waals surface area (Å²) in [7, 11) is 1.54. The Morgan fingerprint density at radius 2 is 2.22 bits per heavy atom. The topological polar surface area (TPSA) is 64.3 Å². The third-order valence-electron chi connectivity index (χ3n) is 3.27. The average Bonchev–Trinajstić information content (AvgIpc) is 3.08. The van der Waals surface area contributed by atoms with Gasteiger partial charge in [-0.2, -0.15) is 0 Å². The number of nitrogens with two attached hydrogens (primary N) is 1. The number of nitrogens with one attached hydrogen (secondary N) is 1. The fourth-order valence-electron chi connectivity index (χ4n) is 2.11. The summed E-state index contributed by atoms with van der Waals surface area (Å²) in [6, 6.07) is 10.1. The number of amides is 1. The van der Waals surface area contributed by atoms with Gasteiger partial charge < -0.3 is 15.8 Å². The molecule has 0 heterocycles. The molecule has 2 rings (SSSR count). The lowest BCUT2D eigenvalue weighted by Gasteiger charge is -2.11. The van der Waals surface area contributed by atoms with Crippen molar-refractivity contribution in [3.63, 3.8) is 0 Å². The largest absolute Gasteiger partial charge is 0.383 e. The first kappa shape index (κ1) is 13.1. The van der Waals surface area contributed by atoms with E-state index in [9.17, 15) is 4.79 Å². The number of hydrogen-bond donors (Lipinski definition) is 2. The van der Waals surface area contributed by atoms with Gasteiger partial charge in [-0.25, -0.2) is 0 Å². The van der Waals surface area contributed by atoms with E-state index in [1.54, 1.807) is 7.11 Å². The molecule has 1 fully saturated rings. The molecule has 0 bridgehead atoms. The second kappa shape index (κ2) is 5.98. The van der Waals surface area contributed by atoms with Gasteiger partial charge in [-0.1, -0.05) is 30.3 Å². The number of rotatable bonds is 6. The lowest BCUT2D eigenvalue weighted by Crippen LogP contribution is -2.44. The summed E-state index contributed by atoms with van der Waals surface area (Å²) in [6.07, 6.45) is 2.06. The zero-order valence-electron chi connectivity index (χ0n) is 10.6. The van der Waals surface area contributed by atoms with Crippen LogP contribution in [-0.4, -0.2) is 31.7 Å². The van der Waals surface area contributed by atoms with Crippen LogP contribution in [0.5, 0.6) is 0 Å². The quantitative estimate of drug-likeness (QED) is 0.779. The lowest BCUT2D eigenvalue weighted by atomic mass is 10.1. The lowest BCUT2D eigenvalue weighted by molar-refractivity contribution is -0.123. The number of carbonyl (C=O) groups excluding carboxylic acids is 1. The number of hydrogen-bond acceptors (Lipinski definition) is 3. The van der Waals surface area contributed by atoms with Crippen LogP contribution in [-0.2, 0) is 16.0 Å². The Morgan fingerprint density at radius 3 is 2.89 bits per heavy atom. The van der Waals surface area contributed by atoms with E-state index in [-0.39, 0.29) is 18.6 Å². The smallest absolute Gasteiger partial charge is 0.239 e. The molecule has 1 aromatic rings. The van der Waals surface area contributed by atoms with Gasteiger partial charge in [0.05, 0.1) is 6.61 Å². The third-order valence-corrected chi connectivity index (χ3v) is 3.27. The van der Waals surface area contributed by atoms with E-state index in [0.717, 1.165) is 12.8 Å². The summed E-state index contributed by atoms with van der Waals surface area (Å²) in [4.78, 5) is 11.7. The molecule has 1 amide bonds. The van der Waals surface area contributed by atoms with Crippen LogP contribution in [0.2, 0.25) is 0 Å². The van der Waals surface area contributed by atoms with Crippen LogP contribution in [0.1, 0.15) is 12.0 Å². The monoisotopic (exact) mass is 248 g/mol. The highest BCUT2D eigenvalue weighted by atomic mass is 16.5. The molecule has 0 saturated heterocycles. The number of carbonyl (C=O) groups is 1. The molecule has 1 saturated carbocycles. The van der Waals surface area contributed by atoms with Gasteiger partial charge in [0.15, 0.2) is 0 Å². The van der Waals surface area contributed by atoms with E-state index < -0.39 is 6.04 Å².